The first kappa shape index (κ1) is 14.5. The van der Waals surface area contributed by atoms with Crippen molar-refractivity contribution in [2.45, 2.75) is 20.6 Å². The first-order chi connectivity index (χ1) is 10.6. The molecule has 2 heterocycles. The van der Waals surface area contributed by atoms with Gasteiger partial charge in [0.2, 0.25) is 5.88 Å². The number of halogens is 1. The van der Waals surface area contributed by atoms with Gasteiger partial charge in [-0.1, -0.05) is 0 Å². The van der Waals surface area contributed by atoms with E-state index >= 15 is 0 Å². The molecule has 114 valence electrons. The number of aromatic nitrogens is 2. The summed E-state index contributed by atoms with van der Waals surface area (Å²) in [4.78, 5) is 4.33. The minimum atomic E-state index is -0.298. The number of aryl methyl sites for hydroxylation is 1. The highest BCUT2D eigenvalue weighted by Gasteiger charge is 2.16. The molecule has 0 fully saturated rings. The normalized spacial score (nSPS) is 11.1. The van der Waals surface area contributed by atoms with Crippen molar-refractivity contribution in [1.29, 1.82) is 0 Å². The second-order valence-corrected chi connectivity index (χ2v) is 5.12. The number of nitrogens with zero attached hydrogens (tertiary/aromatic N) is 2. The maximum atomic E-state index is 13.0. The van der Waals surface area contributed by atoms with Crippen LogP contribution in [0.1, 0.15) is 11.3 Å². The molecule has 0 spiro atoms. The summed E-state index contributed by atoms with van der Waals surface area (Å²) >= 11 is 0. The van der Waals surface area contributed by atoms with E-state index in [1.807, 2.05) is 17.6 Å². The van der Waals surface area contributed by atoms with E-state index in [4.69, 9.17) is 9.47 Å². The largest absolute Gasteiger partial charge is 0.437 e. The second kappa shape index (κ2) is 5.77. The molecule has 3 aromatic rings. The predicted molar refractivity (Wildman–Crippen MR) is 82.7 cm³/mol. The summed E-state index contributed by atoms with van der Waals surface area (Å²) in [5, 5.41) is 1.07. The van der Waals surface area contributed by atoms with Crippen molar-refractivity contribution in [3.05, 3.63) is 53.6 Å². The molecule has 4 nitrogen and oxygen atoms in total. The third-order valence-corrected chi connectivity index (χ3v) is 3.80. The zero-order valence-electron chi connectivity index (χ0n) is 12.8. The van der Waals surface area contributed by atoms with Crippen LogP contribution in [0.2, 0.25) is 0 Å². The van der Waals surface area contributed by atoms with E-state index in [-0.39, 0.29) is 5.82 Å². The Balaban J connectivity index is 2.13. The highest BCUT2D eigenvalue weighted by Crippen LogP contribution is 2.33. The molecule has 2 aromatic heterocycles. The molecule has 1 aromatic carbocycles. The van der Waals surface area contributed by atoms with Crippen molar-refractivity contribution >= 4 is 10.9 Å². The van der Waals surface area contributed by atoms with E-state index in [0.717, 1.165) is 16.6 Å². The molecule has 0 amide bonds. The lowest BCUT2D eigenvalue weighted by atomic mass is 10.2. The van der Waals surface area contributed by atoms with Crippen molar-refractivity contribution < 1.29 is 13.9 Å². The Morgan fingerprint density at radius 2 is 1.86 bits per heavy atom. The van der Waals surface area contributed by atoms with Gasteiger partial charge in [0.05, 0.1) is 0 Å². The molecule has 0 aliphatic carbocycles. The lowest BCUT2D eigenvalue weighted by Crippen LogP contribution is -2.03. The van der Waals surface area contributed by atoms with Gasteiger partial charge in [0.25, 0.3) is 0 Å². The van der Waals surface area contributed by atoms with Gasteiger partial charge in [-0.3, -0.25) is 0 Å². The Morgan fingerprint density at radius 1 is 1.14 bits per heavy atom. The van der Waals surface area contributed by atoms with Crippen LogP contribution < -0.4 is 4.74 Å². The molecule has 0 radical (unpaired) electrons. The van der Waals surface area contributed by atoms with Crippen LogP contribution in [0.15, 0.2) is 36.5 Å². The van der Waals surface area contributed by atoms with Crippen molar-refractivity contribution in [2.24, 2.45) is 0 Å². The van der Waals surface area contributed by atoms with Crippen LogP contribution in [0.5, 0.6) is 11.6 Å². The van der Waals surface area contributed by atoms with Crippen molar-refractivity contribution in [3.63, 3.8) is 0 Å². The third kappa shape index (κ3) is 2.44. The molecule has 0 aliphatic rings. The fourth-order valence-corrected chi connectivity index (χ4v) is 2.54. The first-order valence-electron chi connectivity index (χ1n) is 6.98. The van der Waals surface area contributed by atoms with Gasteiger partial charge in [0.1, 0.15) is 23.8 Å². The van der Waals surface area contributed by atoms with E-state index in [9.17, 15) is 4.39 Å². The quantitative estimate of drug-likeness (QED) is 0.725. The standard InChI is InChI=1S/C17H17FN2O2/c1-11-12(2)20(10-21-3)16-15(11)8-9-19-17(16)22-14-6-4-13(18)5-7-14/h4-9H,10H2,1-3H3. The number of hydrogen-bond acceptors (Lipinski definition) is 3. The van der Waals surface area contributed by atoms with Crippen LogP contribution in [0.4, 0.5) is 4.39 Å². The first-order valence-corrected chi connectivity index (χ1v) is 6.98. The molecule has 0 aliphatic heterocycles. The van der Waals surface area contributed by atoms with Gasteiger partial charge in [-0.25, -0.2) is 9.37 Å². The molecule has 0 saturated carbocycles. The second-order valence-electron chi connectivity index (χ2n) is 5.12. The maximum Gasteiger partial charge on any atom is 0.244 e. The summed E-state index contributed by atoms with van der Waals surface area (Å²) in [6, 6.07) is 7.85. The summed E-state index contributed by atoms with van der Waals surface area (Å²) in [5.74, 6) is 0.729. The molecule has 0 N–H and O–H groups in total. The van der Waals surface area contributed by atoms with E-state index in [1.54, 1.807) is 25.4 Å². The summed E-state index contributed by atoms with van der Waals surface area (Å²) in [7, 11) is 1.65. The Kier molecular flexibility index (Phi) is 3.81. The number of hydrogen-bond donors (Lipinski definition) is 0. The molecule has 3 rings (SSSR count). The monoisotopic (exact) mass is 300 g/mol. The molecule has 0 unspecified atom stereocenters. The van der Waals surface area contributed by atoms with Gasteiger partial charge in [0.15, 0.2) is 0 Å². The highest BCUT2D eigenvalue weighted by molar-refractivity contribution is 5.89. The maximum absolute atomic E-state index is 13.0. The minimum Gasteiger partial charge on any atom is -0.437 e. The van der Waals surface area contributed by atoms with Gasteiger partial charge in [-0.2, -0.15) is 0 Å². The van der Waals surface area contributed by atoms with Crippen LogP contribution >= 0.6 is 0 Å². The fourth-order valence-electron chi connectivity index (χ4n) is 2.54. The molecule has 5 heteroatoms. The Hall–Kier alpha value is -2.40. The average Bonchev–Trinajstić information content (AvgIpc) is 2.76. The zero-order valence-corrected chi connectivity index (χ0v) is 12.8. The van der Waals surface area contributed by atoms with Gasteiger partial charge in [0, 0.05) is 24.4 Å². The van der Waals surface area contributed by atoms with Crippen LogP contribution in [-0.4, -0.2) is 16.7 Å². The summed E-state index contributed by atoms with van der Waals surface area (Å²) in [5.41, 5.74) is 3.15. The fraction of sp³-hybridized carbons (Fsp3) is 0.235. The molecule has 22 heavy (non-hydrogen) atoms. The Morgan fingerprint density at radius 3 is 2.55 bits per heavy atom. The Bertz CT molecular complexity index is 810. The Labute approximate surface area is 128 Å². The average molecular weight is 300 g/mol. The van der Waals surface area contributed by atoms with Crippen LogP contribution in [-0.2, 0) is 11.5 Å². The van der Waals surface area contributed by atoms with E-state index in [0.29, 0.717) is 18.4 Å². The lowest BCUT2D eigenvalue weighted by molar-refractivity contribution is 0.133. The number of pyridine rings is 1. The number of fused-ring (bicyclic) bond motifs is 1. The third-order valence-electron chi connectivity index (χ3n) is 3.80. The van der Waals surface area contributed by atoms with Gasteiger partial charge < -0.3 is 14.0 Å². The molecule has 0 atom stereocenters. The molecule has 0 saturated heterocycles. The van der Waals surface area contributed by atoms with Crippen molar-refractivity contribution in [1.82, 2.24) is 9.55 Å². The van der Waals surface area contributed by atoms with Crippen LogP contribution in [0.3, 0.4) is 0 Å². The van der Waals surface area contributed by atoms with Gasteiger partial charge >= 0.3 is 0 Å². The van der Waals surface area contributed by atoms with E-state index < -0.39 is 0 Å². The summed E-state index contributed by atoms with van der Waals surface area (Å²) in [6.45, 7) is 4.52. The highest BCUT2D eigenvalue weighted by atomic mass is 19.1. The van der Waals surface area contributed by atoms with Crippen LogP contribution in [0, 0.1) is 19.7 Å². The van der Waals surface area contributed by atoms with E-state index in [1.165, 1.54) is 17.7 Å². The number of rotatable bonds is 4. The SMILES string of the molecule is COCn1c(C)c(C)c2ccnc(Oc3ccc(F)cc3)c21. The smallest absolute Gasteiger partial charge is 0.244 e. The number of ether oxygens (including phenoxy) is 2. The number of benzene rings is 1. The summed E-state index contributed by atoms with van der Waals surface area (Å²) < 4.78 is 26.2. The molecule has 0 bridgehead atoms. The van der Waals surface area contributed by atoms with Gasteiger partial charge in [-0.15, -0.1) is 0 Å². The van der Waals surface area contributed by atoms with Crippen LogP contribution in [0.25, 0.3) is 10.9 Å². The predicted octanol–water partition coefficient (Wildman–Crippen LogP) is 4.19. The van der Waals surface area contributed by atoms with Gasteiger partial charge in [-0.05, 0) is 49.7 Å². The topological polar surface area (TPSA) is 36.3 Å². The number of methoxy groups -OCH3 is 1. The van der Waals surface area contributed by atoms with Crippen molar-refractivity contribution in [2.75, 3.05) is 7.11 Å². The molecular formula is C17H17FN2O2. The van der Waals surface area contributed by atoms with Crippen molar-refractivity contribution in [3.8, 4) is 11.6 Å². The van der Waals surface area contributed by atoms with E-state index in [2.05, 4.69) is 11.9 Å². The lowest BCUT2D eigenvalue weighted by Gasteiger charge is -2.10. The summed E-state index contributed by atoms with van der Waals surface area (Å²) in [6.07, 6.45) is 1.71. The molecular weight excluding hydrogens is 283 g/mol. The zero-order chi connectivity index (χ0) is 15.7. The minimum absolute atomic E-state index is 0.298.